The molecule has 1 aliphatic rings. The fraction of sp³-hybridized carbons (Fsp3) is 0.263. The zero-order chi connectivity index (χ0) is 19.2. The van der Waals surface area contributed by atoms with Crippen molar-refractivity contribution in [3.63, 3.8) is 0 Å². The van der Waals surface area contributed by atoms with Crippen molar-refractivity contribution in [3.8, 4) is 0 Å². The first-order valence-corrected chi connectivity index (χ1v) is 8.65. The summed E-state index contributed by atoms with van der Waals surface area (Å²) in [6.45, 7) is 1.43. The SMILES string of the molecule is NN=Cc1cccc(CN2CC[C@H](NCc3ccccc3[N+](=O)[O-])C2=O)c1. The molecule has 3 rings (SSSR count). The molecule has 2 aromatic carbocycles. The Balaban J connectivity index is 1.60. The van der Waals surface area contributed by atoms with Crippen LogP contribution in [0.1, 0.15) is 23.1 Å². The van der Waals surface area contributed by atoms with E-state index in [9.17, 15) is 14.9 Å². The maximum atomic E-state index is 12.6. The van der Waals surface area contributed by atoms with Crippen LogP contribution in [0.25, 0.3) is 0 Å². The highest BCUT2D eigenvalue weighted by atomic mass is 16.6. The lowest BCUT2D eigenvalue weighted by atomic mass is 10.1. The molecule has 1 aliphatic heterocycles. The van der Waals surface area contributed by atoms with E-state index in [1.54, 1.807) is 29.3 Å². The van der Waals surface area contributed by atoms with Crippen molar-refractivity contribution >= 4 is 17.8 Å². The summed E-state index contributed by atoms with van der Waals surface area (Å²) in [5.41, 5.74) is 2.51. The number of amides is 1. The number of nitrogens with one attached hydrogen (secondary N) is 1. The minimum Gasteiger partial charge on any atom is -0.337 e. The van der Waals surface area contributed by atoms with Gasteiger partial charge in [0, 0.05) is 31.3 Å². The molecule has 1 saturated heterocycles. The lowest BCUT2D eigenvalue weighted by Crippen LogP contribution is -2.37. The van der Waals surface area contributed by atoms with Crippen molar-refractivity contribution in [2.75, 3.05) is 6.54 Å². The summed E-state index contributed by atoms with van der Waals surface area (Å²) in [5.74, 6) is 5.19. The molecule has 0 aliphatic carbocycles. The Labute approximate surface area is 156 Å². The lowest BCUT2D eigenvalue weighted by Gasteiger charge is -2.17. The minimum atomic E-state index is -0.405. The summed E-state index contributed by atoms with van der Waals surface area (Å²) in [4.78, 5) is 25.1. The molecule has 1 heterocycles. The van der Waals surface area contributed by atoms with Gasteiger partial charge in [0.2, 0.25) is 5.91 Å². The van der Waals surface area contributed by atoms with Gasteiger partial charge in [-0.25, -0.2) is 0 Å². The van der Waals surface area contributed by atoms with Gasteiger partial charge in [0.15, 0.2) is 0 Å². The van der Waals surface area contributed by atoms with Crippen LogP contribution in [0.4, 0.5) is 5.69 Å². The van der Waals surface area contributed by atoms with Crippen LogP contribution in [0.15, 0.2) is 53.6 Å². The van der Waals surface area contributed by atoms with Gasteiger partial charge in [-0.05, 0) is 23.6 Å². The number of benzene rings is 2. The predicted molar refractivity (Wildman–Crippen MR) is 102 cm³/mol. The third kappa shape index (κ3) is 4.48. The molecular weight excluding hydrogens is 346 g/mol. The lowest BCUT2D eigenvalue weighted by molar-refractivity contribution is -0.385. The molecule has 8 heteroatoms. The Hall–Kier alpha value is -3.26. The monoisotopic (exact) mass is 367 g/mol. The number of likely N-dealkylation sites (tertiary alicyclic amines) is 1. The van der Waals surface area contributed by atoms with Crippen molar-refractivity contribution in [1.29, 1.82) is 0 Å². The number of nitrogens with zero attached hydrogens (tertiary/aromatic N) is 3. The van der Waals surface area contributed by atoms with Crippen LogP contribution in [-0.4, -0.2) is 34.5 Å². The maximum absolute atomic E-state index is 12.6. The molecule has 8 nitrogen and oxygen atoms in total. The number of nitrogens with two attached hydrogens (primary N) is 1. The molecule has 0 bridgehead atoms. The predicted octanol–water partition coefficient (Wildman–Crippen LogP) is 1.78. The van der Waals surface area contributed by atoms with Crippen LogP contribution in [0.5, 0.6) is 0 Å². The van der Waals surface area contributed by atoms with E-state index in [2.05, 4.69) is 10.4 Å². The average molecular weight is 367 g/mol. The second-order valence-electron chi connectivity index (χ2n) is 6.39. The first-order chi connectivity index (χ1) is 13.1. The number of nitro benzene ring substituents is 1. The van der Waals surface area contributed by atoms with Gasteiger partial charge in [-0.3, -0.25) is 14.9 Å². The third-order valence-corrected chi connectivity index (χ3v) is 4.57. The van der Waals surface area contributed by atoms with Crippen LogP contribution < -0.4 is 11.2 Å². The van der Waals surface area contributed by atoms with Gasteiger partial charge in [-0.15, -0.1) is 0 Å². The van der Waals surface area contributed by atoms with Gasteiger partial charge in [-0.2, -0.15) is 5.10 Å². The number of nitro groups is 1. The highest BCUT2D eigenvalue weighted by Crippen LogP contribution is 2.20. The Bertz CT molecular complexity index is 868. The van der Waals surface area contributed by atoms with E-state index < -0.39 is 4.92 Å². The molecule has 2 aromatic rings. The molecule has 0 aromatic heterocycles. The summed E-state index contributed by atoms with van der Waals surface area (Å²) in [5, 5.41) is 17.8. The maximum Gasteiger partial charge on any atom is 0.273 e. The van der Waals surface area contributed by atoms with E-state index in [4.69, 9.17) is 5.84 Å². The minimum absolute atomic E-state index is 0.00600. The molecule has 3 N–H and O–H groups in total. The van der Waals surface area contributed by atoms with Gasteiger partial charge < -0.3 is 16.1 Å². The zero-order valence-corrected chi connectivity index (χ0v) is 14.7. The summed E-state index contributed by atoms with van der Waals surface area (Å²) in [6, 6.07) is 13.9. The van der Waals surface area contributed by atoms with Crippen LogP contribution in [0.2, 0.25) is 0 Å². The summed E-state index contributed by atoms with van der Waals surface area (Å²) in [6.07, 6.45) is 2.23. The van der Waals surface area contributed by atoms with Crippen molar-refractivity contribution in [3.05, 3.63) is 75.3 Å². The number of hydrogen-bond acceptors (Lipinski definition) is 6. The third-order valence-electron chi connectivity index (χ3n) is 4.57. The first-order valence-electron chi connectivity index (χ1n) is 8.65. The van der Waals surface area contributed by atoms with Gasteiger partial charge in [-0.1, -0.05) is 36.4 Å². The number of para-hydroxylation sites is 1. The Morgan fingerprint density at radius 1 is 1.30 bits per heavy atom. The van der Waals surface area contributed by atoms with Crippen molar-refractivity contribution in [2.24, 2.45) is 10.9 Å². The number of hydrogen-bond donors (Lipinski definition) is 2. The molecule has 1 amide bonds. The molecule has 0 saturated carbocycles. The topological polar surface area (TPSA) is 114 Å². The molecule has 140 valence electrons. The van der Waals surface area contributed by atoms with Crippen molar-refractivity contribution in [1.82, 2.24) is 10.2 Å². The van der Waals surface area contributed by atoms with E-state index in [0.717, 1.165) is 11.1 Å². The van der Waals surface area contributed by atoms with E-state index in [-0.39, 0.29) is 24.2 Å². The molecule has 0 spiro atoms. The van der Waals surface area contributed by atoms with Gasteiger partial charge in [0.05, 0.1) is 17.2 Å². The number of carbonyl (C=O) groups is 1. The molecule has 27 heavy (non-hydrogen) atoms. The first kappa shape index (κ1) is 18.5. The molecule has 0 radical (unpaired) electrons. The molecule has 1 fully saturated rings. The van der Waals surface area contributed by atoms with E-state index in [0.29, 0.717) is 25.1 Å². The summed E-state index contributed by atoms with van der Waals surface area (Å²) >= 11 is 0. The smallest absolute Gasteiger partial charge is 0.273 e. The second kappa shape index (κ2) is 8.41. The number of carbonyl (C=O) groups excluding carboxylic acids is 1. The van der Waals surface area contributed by atoms with Gasteiger partial charge in [0.1, 0.15) is 0 Å². The molecular formula is C19H21N5O3. The normalized spacial score (nSPS) is 17.0. The van der Waals surface area contributed by atoms with Gasteiger partial charge in [0.25, 0.3) is 5.69 Å². The van der Waals surface area contributed by atoms with Crippen molar-refractivity contribution in [2.45, 2.75) is 25.6 Å². The number of rotatable bonds is 7. The van der Waals surface area contributed by atoms with E-state index >= 15 is 0 Å². The number of hydrazone groups is 1. The second-order valence-corrected chi connectivity index (χ2v) is 6.39. The standard InChI is InChI=1S/C19H21N5O3/c20-22-11-14-4-3-5-15(10-14)13-23-9-8-17(19(23)25)21-12-16-6-1-2-7-18(16)24(26)27/h1-7,10-11,17,21H,8-9,12-13,20H2/t17-/m0/s1. The van der Waals surface area contributed by atoms with Crippen LogP contribution >= 0.6 is 0 Å². The average Bonchev–Trinajstić information content (AvgIpc) is 3.00. The molecule has 1 atom stereocenters. The quantitative estimate of drug-likeness (QED) is 0.335. The fourth-order valence-corrected chi connectivity index (χ4v) is 3.24. The van der Waals surface area contributed by atoms with E-state index in [1.807, 2.05) is 24.3 Å². The van der Waals surface area contributed by atoms with Crippen LogP contribution in [0, 0.1) is 10.1 Å². The van der Waals surface area contributed by atoms with Gasteiger partial charge >= 0.3 is 0 Å². The van der Waals surface area contributed by atoms with Crippen molar-refractivity contribution < 1.29 is 9.72 Å². The van der Waals surface area contributed by atoms with E-state index in [1.165, 1.54) is 6.07 Å². The highest BCUT2D eigenvalue weighted by Gasteiger charge is 2.31. The fourth-order valence-electron chi connectivity index (χ4n) is 3.24. The largest absolute Gasteiger partial charge is 0.337 e. The van der Waals surface area contributed by atoms with Crippen LogP contribution in [-0.2, 0) is 17.9 Å². The highest BCUT2D eigenvalue weighted by molar-refractivity contribution is 5.84. The molecule has 0 unspecified atom stereocenters. The zero-order valence-electron chi connectivity index (χ0n) is 14.7. The summed E-state index contributed by atoms with van der Waals surface area (Å²) < 4.78 is 0. The Kier molecular flexibility index (Phi) is 5.77. The Morgan fingerprint density at radius 2 is 2.11 bits per heavy atom. The Morgan fingerprint density at radius 3 is 2.89 bits per heavy atom. The van der Waals surface area contributed by atoms with Crippen LogP contribution in [0.3, 0.4) is 0 Å². The summed E-state index contributed by atoms with van der Waals surface area (Å²) in [7, 11) is 0.